The summed E-state index contributed by atoms with van der Waals surface area (Å²) in [5.41, 5.74) is 4.41. The number of carbonyl (C=O) groups is 1. The van der Waals surface area contributed by atoms with Crippen molar-refractivity contribution in [2.45, 2.75) is 71.6 Å². The highest BCUT2D eigenvalue weighted by molar-refractivity contribution is 5.69. The highest BCUT2D eigenvalue weighted by Crippen LogP contribution is 2.47. The van der Waals surface area contributed by atoms with Gasteiger partial charge in [0.2, 0.25) is 0 Å². The van der Waals surface area contributed by atoms with Gasteiger partial charge in [0.1, 0.15) is 18.1 Å². The summed E-state index contributed by atoms with van der Waals surface area (Å²) >= 11 is 0. The fraction of sp³-hybridized carbons (Fsp3) is 0.621. The summed E-state index contributed by atoms with van der Waals surface area (Å²) in [6, 6.07) is 4.00. The number of phenolic OH excluding ortho intramolecular Hbond substituents is 1. The highest BCUT2D eigenvalue weighted by Gasteiger charge is 2.30. The van der Waals surface area contributed by atoms with E-state index in [0.29, 0.717) is 38.8 Å². The molecule has 0 bridgehead atoms. The molecule has 1 aliphatic carbocycles. The van der Waals surface area contributed by atoms with Crippen LogP contribution in [-0.2, 0) is 25.4 Å². The van der Waals surface area contributed by atoms with E-state index in [1.165, 1.54) is 12.7 Å². The molecule has 1 aromatic carbocycles. The number of methoxy groups -OCH3 is 1. The molecule has 0 spiro atoms. The number of aryl methyl sites for hydroxylation is 1. The quantitative estimate of drug-likeness (QED) is 0.172. The van der Waals surface area contributed by atoms with E-state index in [1.54, 1.807) is 0 Å². The lowest BCUT2D eigenvalue weighted by atomic mass is 9.73. The molecule has 2 rings (SSSR count). The Labute approximate surface area is 211 Å². The van der Waals surface area contributed by atoms with Gasteiger partial charge in [-0.2, -0.15) is 0 Å². The van der Waals surface area contributed by atoms with Gasteiger partial charge in [0.15, 0.2) is 0 Å². The van der Waals surface area contributed by atoms with E-state index in [-0.39, 0.29) is 24.2 Å². The van der Waals surface area contributed by atoms with Crippen LogP contribution in [0.25, 0.3) is 0 Å². The molecule has 1 aromatic rings. The second-order valence-corrected chi connectivity index (χ2v) is 9.41. The van der Waals surface area contributed by atoms with Crippen LogP contribution in [0, 0.1) is 5.92 Å². The number of rotatable bonds is 16. The minimum Gasteiger partial charge on any atom is -0.507 e. The van der Waals surface area contributed by atoms with E-state index in [4.69, 9.17) is 14.2 Å². The predicted octanol–water partition coefficient (Wildman–Crippen LogP) is 6.12. The topological polar surface area (TPSA) is 74.2 Å². The summed E-state index contributed by atoms with van der Waals surface area (Å²) in [6.07, 6.45) is 8.91. The molecule has 35 heavy (non-hydrogen) atoms. The number of carbonyl (C=O) groups excluding carboxylic acids is 1. The standard InChI is InChI=1S/C29H44O6/c1-6-7-8-9-23-19-26(30)29(25-18-22(4)10-11-24(25)21(2)3)27(20-23)35-17-16-34-15-14-33-13-12-28(31)32-5/h18-20,24-25,30H,2,6-17H2,1,3-5H3. The van der Waals surface area contributed by atoms with Crippen molar-refractivity contribution in [3.8, 4) is 11.5 Å². The van der Waals surface area contributed by atoms with Gasteiger partial charge >= 0.3 is 5.97 Å². The number of esters is 1. The Morgan fingerprint density at radius 1 is 1.11 bits per heavy atom. The fourth-order valence-corrected chi connectivity index (χ4v) is 4.54. The van der Waals surface area contributed by atoms with Crippen LogP contribution in [0.15, 0.2) is 35.9 Å². The second kappa shape index (κ2) is 15.6. The molecular formula is C29H44O6. The molecule has 6 heteroatoms. The summed E-state index contributed by atoms with van der Waals surface area (Å²) in [4.78, 5) is 11.1. The molecule has 0 radical (unpaired) electrons. The van der Waals surface area contributed by atoms with Crippen LogP contribution < -0.4 is 4.74 Å². The molecule has 0 aromatic heterocycles. The average Bonchev–Trinajstić information content (AvgIpc) is 2.82. The monoisotopic (exact) mass is 488 g/mol. The van der Waals surface area contributed by atoms with Gasteiger partial charge in [-0.15, -0.1) is 0 Å². The number of benzene rings is 1. The lowest BCUT2D eigenvalue weighted by Crippen LogP contribution is -2.19. The zero-order valence-corrected chi connectivity index (χ0v) is 22.1. The first-order chi connectivity index (χ1) is 16.9. The molecule has 0 heterocycles. The third kappa shape index (κ3) is 9.69. The van der Waals surface area contributed by atoms with E-state index >= 15 is 0 Å². The Bertz CT molecular complexity index is 844. The number of aromatic hydroxyl groups is 1. The summed E-state index contributed by atoms with van der Waals surface area (Å²) in [5, 5.41) is 11.1. The fourth-order valence-electron chi connectivity index (χ4n) is 4.54. The van der Waals surface area contributed by atoms with Crippen molar-refractivity contribution in [2.75, 3.05) is 40.1 Å². The van der Waals surface area contributed by atoms with Crippen LogP contribution in [-0.4, -0.2) is 51.2 Å². The zero-order valence-electron chi connectivity index (χ0n) is 22.1. The smallest absolute Gasteiger partial charge is 0.307 e. The van der Waals surface area contributed by atoms with Crippen molar-refractivity contribution < 1.29 is 28.8 Å². The number of hydrogen-bond acceptors (Lipinski definition) is 6. The molecule has 0 saturated heterocycles. The molecule has 2 unspecified atom stereocenters. The number of ether oxygens (including phenoxy) is 4. The molecule has 2 atom stereocenters. The number of unbranched alkanes of at least 4 members (excludes halogenated alkanes) is 2. The highest BCUT2D eigenvalue weighted by atomic mass is 16.5. The Balaban J connectivity index is 2.04. The maximum atomic E-state index is 11.1. The Morgan fingerprint density at radius 3 is 2.51 bits per heavy atom. The van der Waals surface area contributed by atoms with E-state index in [0.717, 1.165) is 61.0 Å². The first-order valence-electron chi connectivity index (χ1n) is 12.9. The molecule has 6 nitrogen and oxygen atoms in total. The molecule has 1 N–H and O–H groups in total. The third-order valence-corrected chi connectivity index (χ3v) is 6.50. The molecule has 196 valence electrons. The van der Waals surface area contributed by atoms with Crippen molar-refractivity contribution in [3.63, 3.8) is 0 Å². The van der Waals surface area contributed by atoms with Gasteiger partial charge < -0.3 is 24.1 Å². The van der Waals surface area contributed by atoms with E-state index in [2.05, 4.69) is 44.2 Å². The van der Waals surface area contributed by atoms with Crippen molar-refractivity contribution in [3.05, 3.63) is 47.1 Å². The molecule has 0 fully saturated rings. The normalized spacial score (nSPS) is 17.7. The number of hydrogen-bond donors (Lipinski definition) is 1. The van der Waals surface area contributed by atoms with Crippen LogP contribution in [0.5, 0.6) is 11.5 Å². The minimum atomic E-state index is -0.285. The van der Waals surface area contributed by atoms with Gasteiger partial charge in [-0.3, -0.25) is 4.79 Å². The maximum Gasteiger partial charge on any atom is 0.307 e. The van der Waals surface area contributed by atoms with Crippen LogP contribution >= 0.6 is 0 Å². The zero-order chi connectivity index (χ0) is 25.6. The van der Waals surface area contributed by atoms with Crippen LogP contribution in [0.3, 0.4) is 0 Å². The van der Waals surface area contributed by atoms with Crippen molar-refractivity contribution >= 4 is 5.97 Å². The van der Waals surface area contributed by atoms with Gasteiger partial charge in [-0.05, 0) is 63.1 Å². The van der Waals surface area contributed by atoms with Crippen molar-refractivity contribution in [2.24, 2.45) is 5.92 Å². The van der Waals surface area contributed by atoms with Gasteiger partial charge in [0.05, 0.1) is 40.0 Å². The Kier molecular flexibility index (Phi) is 12.9. The van der Waals surface area contributed by atoms with Gasteiger partial charge in [0.25, 0.3) is 0 Å². The largest absolute Gasteiger partial charge is 0.507 e. The third-order valence-electron chi connectivity index (χ3n) is 6.50. The SMILES string of the molecule is C=C(C)C1CCC(C)=CC1c1c(O)cc(CCCCC)cc1OCCOCCOCCC(=O)OC. The summed E-state index contributed by atoms with van der Waals surface area (Å²) in [6.45, 7) is 12.6. The van der Waals surface area contributed by atoms with Crippen molar-refractivity contribution in [1.29, 1.82) is 0 Å². The van der Waals surface area contributed by atoms with Crippen LogP contribution in [0.2, 0.25) is 0 Å². The Hall–Kier alpha value is -2.31. The van der Waals surface area contributed by atoms with Crippen molar-refractivity contribution in [1.82, 2.24) is 0 Å². The number of phenols is 1. The lowest BCUT2D eigenvalue weighted by molar-refractivity contribution is -0.141. The maximum absolute atomic E-state index is 11.1. The second-order valence-electron chi connectivity index (χ2n) is 9.41. The van der Waals surface area contributed by atoms with E-state index in [1.807, 2.05) is 6.07 Å². The average molecular weight is 489 g/mol. The van der Waals surface area contributed by atoms with E-state index < -0.39 is 0 Å². The molecule has 1 aliphatic rings. The van der Waals surface area contributed by atoms with E-state index in [9.17, 15) is 9.90 Å². The molecule has 0 aliphatic heterocycles. The van der Waals surface area contributed by atoms with Gasteiger partial charge in [-0.1, -0.05) is 43.6 Å². The minimum absolute atomic E-state index is 0.0464. The lowest BCUT2D eigenvalue weighted by Gasteiger charge is -2.32. The molecular weight excluding hydrogens is 444 g/mol. The first-order valence-corrected chi connectivity index (χ1v) is 12.9. The summed E-state index contributed by atoms with van der Waals surface area (Å²) in [5.74, 6) is 1.07. The summed E-state index contributed by atoms with van der Waals surface area (Å²) < 4.78 is 21.8. The Morgan fingerprint density at radius 2 is 1.83 bits per heavy atom. The van der Waals surface area contributed by atoms with Gasteiger partial charge in [-0.25, -0.2) is 0 Å². The van der Waals surface area contributed by atoms with Crippen LogP contribution in [0.1, 0.15) is 76.3 Å². The molecule has 0 saturated carbocycles. The predicted molar refractivity (Wildman–Crippen MR) is 139 cm³/mol. The first kappa shape index (κ1) is 28.9. The van der Waals surface area contributed by atoms with Gasteiger partial charge in [0, 0.05) is 11.5 Å². The summed E-state index contributed by atoms with van der Waals surface area (Å²) in [7, 11) is 1.36. The number of allylic oxidation sites excluding steroid dienone is 3. The molecule has 0 amide bonds. The van der Waals surface area contributed by atoms with Crippen LogP contribution in [0.4, 0.5) is 0 Å².